The second-order valence-electron chi connectivity index (χ2n) is 5.34. The van der Waals surface area contributed by atoms with Crippen molar-refractivity contribution in [2.24, 2.45) is 5.73 Å². The Morgan fingerprint density at radius 2 is 2.00 bits per heavy atom. The quantitative estimate of drug-likeness (QED) is 0.345. The van der Waals surface area contributed by atoms with Crippen LogP contribution in [0.2, 0.25) is 0 Å². The largest absolute Gasteiger partial charge is 0.458 e. The van der Waals surface area contributed by atoms with Gasteiger partial charge in [0.1, 0.15) is 6.10 Å². The Morgan fingerprint density at radius 3 is 2.55 bits per heavy atom. The molecule has 0 fully saturated rings. The van der Waals surface area contributed by atoms with Gasteiger partial charge in [-0.1, -0.05) is 57.4 Å². The fourth-order valence-corrected chi connectivity index (χ4v) is 1.68. The first-order valence-corrected chi connectivity index (χ1v) is 7.69. The van der Waals surface area contributed by atoms with Crippen LogP contribution in [0.1, 0.15) is 46.0 Å². The van der Waals surface area contributed by atoms with Crippen molar-refractivity contribution in [3.05, 3.63) is 60.9 Å². The summed E-state index contributed by atoms with van der Waals surface area (Å²) in [4.78, 5) is 12.0. The summed E-state index contributed by atoms with van der Waals surface area (Å²) in [5.41, 5.74) is 7.72. The zero-order valence-corrected chi connectivity index (χ0v) is 13.9. The lowest BCUT2D eigenvalue weighted by Gasteiger charge is -2.16. The first-order chi connectivity index (χ1) is 10.4. The standard InChI is InChI=1S/C19H29NO2/c1-6-8-11-16(4)19(21)22-18(14-13-17(5)20)12-9-10-15(3)7-2/h7,9-10,13,18H,2-4,6,8,11-12,14,20H2,1,5H3/b10-9-,17-13+/t18-/m1/s1. The summed E-state index contributed by atoms with van der Waals surface area (Å²) < 4.78 is 5.53. The first-order valence-electron chi connectivity index (χ1n) is 7.69. The second kappa shape index (κ2) is 11.6. The molecule has 0 aromatic heterocycles. The molecule has 0 bridgehead atoms. The topological polar surface area (TPSA) is 52.3 Å². The number of carbonyl (C=O) groups is 1. The third-order valence-electron chi connectivity index (χ3n) is 3.09. The maximum absolute atomic E-state index is 12.0. The van der Waals surface area contributed by atoms with E-state index < -0.39 is 0 Å². The number of ether oxygens (including phenoxy) is 1. The number of carbonyl (C=O) groups excluding carboxylic acids is 1. The first kappa shape index (κ1) is 20.0. The highest BCUT2D eigenvalue weighted by Gasteiger charge is 2.14. The van der Waals surface area contributed by atoms with E-state index in [1.807, 2.05) is 25.2 Å². The van der Waals surface area contributed by atoms with Crippen molar-refractivity contribution in [3.8, 4) is 0 Å². The van der Waals surface area contributed by atoms with Crippen LogP contribution in [0.5, 0.6) is 0 Å². The SMILES string of the molecule is C=CC(=C)/C=C\C[C@H](C/C=C(\C)N)OC(=O)C(=C)CCCC. The van der Waals surface area contributed by atoms with Crippen LogP contribution in [0.3, 0.4) is 0 Å². The Labute approximate surface area is 134 Å². The lowest BCUT2D eigenvalue weighted by molar-refractivity contribution is -0.144. The minimum Gasteiger partial charge on any atom is -0.458 e. The summed E-state index contributed by atoms with van der Waals surface area (Å²) >= 11 is 0. The van der Waals surface area contributed by atoms with Gasteiger partial charge in [0, 0.05) is 24.1 Å². The maximum atomic E-state index is 12.0. The molecule has 0 aromatic carbocycles. The third kappa shape index (κ3) is 9.81. The van der Waals surface area contributed by atoms with Crippen molar-refractivity contribution < 1.29 is 9.53 Å². The molecule has 0 saturated carbocycles. The number of unbranched alkanes of at least 4 members (excludes halogenated alkanes) is 1. The van der Waals surface area contributed by atoms with Crippen LogP contribution in [-0.4, -0.2) is 12.1 Å². The highest BCUT2D eigenvalue weighted by Crippen LogP contribution is 2.13. The molecular weight excluding hydrogens is 274 g/mol. The number of nitrogens with two attached hydrogens (primary N) is 1. The Kier molecular flexibility index (Phi) is 10.5. The van der Waals surface area contributed by atoms with Gasteiger partial charge in [-0.05, 0) is 25.3 Å². The number of esters is 1. The van der Waals surface area contributed by atoms with E-state index in [0.29, 0.717) is 30.5 Å². The van der Waals surface area contributed by atoms with Crippen LogP contribution >= 0.6 is 0 Å². The summed E-state index contributed by atoms with van der Waals surface area (Å²) in [6.45, 7) is 15.1. The molecule has 0 spiro atoms. The average Bonchev–Trinajstić information content (AvgIpc) is 2.49. The number of hydrogen-bond donors (Lipinski definition) is 1. The van der Waals surface area contributed by atoms with Gasteiger partial charge in [-0.2, -0.15) is 0 Å². The molecule has 1 atom stereocenters. The van der Waals surface area contributed by atoms with Gasteiger partial charge in [-0.25, -0.2) is 4.79 Å². The predicted molar refractivity (Wildman–Crippen MR) is 94.2 cm³/mol. The molecule has 0 radical (unpaired) electrons. The van der Waals surface area contributed by atoms with Crippen molar-refractivity contribution in [2.75, 3.05) is 0 Å². The second-order valence-corrected chi connectivity index (χ2v) is 5.34. The summed E-state index contributed by atoms with van der Waals surface area (Å²) in [5.74, 6) is -0.322. The molecule has 3 heteroatoms. The van der Waals surface area contributed by atoms with E-state index in [2.05, 4.69) is 26.7 Å². The van der Waals surface area contributed by atoms with Gasteiger partial charge in [0.05, 0.1) is 0 Å². The highest BCUT2D eigenvalue weighted by molar-refractivity contribution is 5.87. The van der Waals surface area contributed by atoms with E-state index in [1.54, 1.807) is 6.08 Å². The average molecular weight is 303 g/mol. The van der Waals surface area contributed by atoms with Gasteiger partial charge in [0.15, 0.2) is 0 Å². The molecule has 3 nitrogen and oxygen atoms in total. The van der Waals surface area contributed by atoms with Crippen molar-refractivity contribution >= 4 is 5.97 Å². The molecule has 0 rings (SSSR count). The van der Waals surface area contributed by atoms with Crippen LogP contribution in [0.25, 0.3) is 0 Å². The van der Waals surface area contributed by atoms with Gasteiger partial charge >= 0.3 is 5.97 Å². The number of rotatable bonds is 11. The van der Waals surface area contributed by atoms with Crippen molar-refractivity contribution in [3.63, 3.8) is 0 Å². The lowest BCUT2D eigenvalue weighted by atomic mass is 10.1. The zero-order chi connectivity index (χ0) is 17.0. The molecule has 0 aliphatic rings. The van der Waals surface area contributed by atoms with Crippen molar-refractivity contribution in [2.45, 2.75) is 52.1 Å². The minimum absolute atomic E-state index is 0.252. The van der Waals surface area contributed by atoms with Gasteiger partial charge in [-0.3, -0.25) is 0 Å². The van der Waals surface area contributed by atoms with Crippen LogP contribution in [0, 0.1) is 0 Å². The molecule has 0 aliphatic carbocycles. The molecule has 122 valence electrons. The highest BCUT2D eigenvalue weighted by atomic mass is 16.5. The van der Waals surface area contributed by atoms with E-state index in [9.17, 15) is 4.79 Å². The molecule has 0 saturated heterocycles. The normalized spacial score (nSPS) is 12.9. The number of hydrogen-bond acceptors (Lipinski definition) is 3. The molecule has 0 unspecified atom stereocenters. The molecular formula is C19H29NO2. The van der Waals surface area contributed by atoms with Gasteiger partial charge in [0.25, 0.3) is 0 Å². The molecule has 0 aromatic rings. The zero-order valence-electron chi connectivity index (χ0n) is 13.9. The van der Waals surface area contributed by atoms with E-state index >= 15 is 0 Å². The molecule has 0 heterocycles. The van der Waals surface area contributed by atoms with Crippen LogP contribution in [0.15, 0.2) is 60.9 Å². The fourth-order valence-electron chi connectivity index (χ4n) is 1.68. The Morgan fingerprint density at radius 1 is 1.32 bits per heavy atom. The number of allylic oxidation sites excluding steroid dienone is 4. The van der Waals surface area contributed by atoms with E-state index in [1.165, 1.54) is 0 Å². The van der Waals surface area contributed by atoms with Crippen LogP contribution < -0.4 is 5.73 Å². The van der Waals surface area contributed by atoms with E-state index in [-0.39, 0.29) is 12.1 Å². The Hall–Kier alpha value is -2.03. The summed E-state index contributed by atoms with van der Waals surface area (Å²) in [6.07, 6.45) is 10.9. The van der Waals surface area contributed by atoms with Gasteiger partial charge in [-0.15, -0.1) is 0 Å². The molecule has 0 aliphatic heterocycles. The Balaban J connectivity index is 4.64. The van der Waals surface area contributed by atoms with Crippen LogP contribution in [-0.2, 0) is 9.53 Å². The lowest BCUT2D eigenvalue weighted by Crippen LogP contribution is -2.18. The maximum Gasteiger partial charge on any atom is 0.333 e. The van der Waals surface area contributed by atoms with E-state index in [4.69, 9.17) is 10.5 Å². The Bertz CT molecular complexity index is 454. The summed E-state index contributed by atoms with van der Waals surface area (Å²) in [5, 5.41) is 0. The van der Waals surface area contributed by atoms with E-state index in [0.717, 1.165) is 18.4 Å². The van der Waals surface area contributed by atoms with Gasteiger partial charge in [0.2, 0.25) is 0 Å². The van der Waals surface area contributed by atoms with Crippen LogP contribution in [0.4, 0.5) is 0 Å². The third-order valence-corrected chi connectivity index (χ3v) is 3.09. The van der Waals surface area contributed by atoms with Crippen molar-refractivity contribution in [1.29, 1.82) is 0 Å². The minimum atomic E-state index is -0.322. The summed E-state index contributed by atoms with van der Waals surface area (Å²) in [6, 6.07) is 0. The molecule has 2 N–H and O–H groups in total. The smallest absolute Gasteiger partial charge is 0.333 e. The monoisotopic (exact) mass is 303 g/mol. The fraction of sp³-hybridized carbons (Fsp3) is 0.421. The van der Waals surface area contributed by atoms with Crippen molar-refractivity contribution in [1.82, 2.24) is 0 Å². The predicted octanol–water partition coefficient (Wildman–Crippen LogP) is 4.59. The van der Waals surface area contributed by atoms with Gasteiger partial charge < -0.3 is 10.5 Å². The molecule has 0 amide bonds. The summed E-state index contributed by atoms with van der Waals surface area (Å²) in [7, 11) is 0. The molecule has 22 heavy (non-hydrogen) atoms.